The van der Waals surface area contributed by atoms with Gasteiger partial charge in [-0.2, -0.15) is 13.2 Å². The first kappa shape index (κ1) is 34.0. The summed E-state index contributed by atoms with van der Waals surface area (Å²) in [5, 5.41) is 15.5. The van der Waals surface area contributed by atoms with Gasteiger partial charge in [0.25, 0.3) is 0 Å². The Balaban J connectivity index is 1.65. The molecule has 9 N–H and O–H groups in total. The van der Waals surface area contributed by atoms with Crippen molar-refractivity contribution in [3.8, 4) is 0 Å². The van der Waals surface area contributed by atoms with Crippen molar-refractivity contribution in [2.75, 3.05) is 32.7 Å². The smallest absolute Gasteiger partial charge is 0.423 e. The Kier molecular flexibility index (Phi) is 12.5. The number of nitrogens with zero attached hydrogens (tertiary/aromatic N) is 1. The highest BCUT2D eigenvalue weighted by Crippen LogP contribution is 2.29. The molecule has 0 saturated heterocycles. The van der Waals surface area contributed by atoms with Crippen LogP contribution >= 0.6 is 0 Å². The van der Waals surface area contributed by atoms with E-state index in [1.165, 1.54) is 17.0 Å². The van der Waals surface area contributed by atoms with Gasteiger partial charge in [-0.1, -0.05) is 36.4 Å². The number of carbonyl (C=O) groups is 3. The van der Waals surface area contributed by atoms with E-state index < -0.39 is 48.9 Å². The third kappa shape index (κ3) is 9.76. The number of hydrogen-bond acceptors (Lipinski definition) is 8. The zero-order valence-electron chi connectivity index (χ0n) is 23.7. The van der Waals surface area contributed by atoms with Gasteiger partial charge in [0.15, 0.2) is 0 Å². The number of amides is 3. The maximum atomic E-state index is 13.2. The van der Waals surface area contributed by atoms with E-state index in [-0.39, 0.29) is 51.2 Å². The zero-order valence-corrected chi connectivity index (χ0v) is 23.7. The van der Waals surface area contributed by atoms with E-state index in [1.54, 1.807) is 24.3 Å². The summed E-state index contributed by atoms with van der Waals surface area (Å²) in [6.07, 6.45) is -4.89. The van der Waals surface area contributed by atoms with Crippen LogP contribution in [-0.4, -0.2) is 79.6 Å². The minimum absolute atomic E-state index is 0.00175. The fourth-order valence-corrected chi connectivity index (χ4v) is 4.77. The fourth-order valence-electron chi connectivity index (χ4n) is 4.77. The predicted octanol–water partition coefficient (Wildman–Crippen LogP) is -0.448. The number of nitrogens with one attached hydrogen (secondary N) is 2. The van der Waals surface area contributed by atoms with Crippen LogP contribution in [0.4, 0.5) is 13.2 Å². The Morgan fingerprint density at radius 3 is 2.28 bits per heavy atom. The highest BCUT2D eigenvalue weighted by atomic mass is 19.4. The topological polar surface area (TPSA) is 186 Å². The maximum Gasteiger partial charge on any atom is 0.492 e. The average Bonchev–Trinajstić information content (AvgIpc) is 3.31. The minimum atomic E-state index is -4.48. The fraction of sp³-hybridized carbons (Fsp3) is 0.464. The Labute approximate surface area is 248 Å². The van der Waals surface area contributed by atoms with Crippen LogP contribution in [0.1, 0.15) is 42.1 Å². The summed E-state index contributed by atoms with van der Waals surface area (Å²) in [6, 6.07) is 9.35. The lowest BCUT2D eigenvalue weighted by molar-refractivity contribution is -0.137. The zero-order chi connectivity index (χ0) is 31.6. The van der Waals surface area contributed by atoms with Gasteiger partial charge >= 0.3 is 13.3 Å². The summed E-state index contributed by atoms with van der Waals surface area (Å²) in [5.74, 6) is -1.49. The van der Waals surface area contributed by atoms with Gasteiger partial charge in [-0.25, -0.2) is 0 Å². The van der Waals surface area contributed by atoms with Gasteiger partial charge in [0.1, 0.15) is 6.04 Å². The lowest BCUT2D eigenvalue weighted by Crippen LogP contribution is -2.52. The molecule has 3 atom stereocenters. The van der Waals surface area contributed by atoms with Crippen molar-refractivity contribution >= 4 is 30.3 Å². The first-order valence-corrected chi connectivity index (χ1v) is 14.0. The van der Waals surface area contributed by atoms with Gasteiger partial charge in [-0.15, -0.1) is 0 Å². The van der Waals surface area contributed by atoms with E-state index in [0.717, 1.165) is 12.1 Å². The molecule has 1 aliphatic heterocycles. The molecule has 3 rings (SSSR count). The van der Waals surface area contributed by atoms with Crippen molar-refractivity contribution in [1.82, 2.24) is 15.5 Å². The molecular weight excluding hydrogens is 568 g/mol. The molecule has 2 aromatic rings. The highest BCUT2D eigenvalue weighted by molar-refractivity contribution is 6.61. The van der Waals surface area contributed by atoms with Crippen LogP contribution in [0.15, 0.2) is 48.5 Å². The van der Waals surface area contributed by atoms with Gasteiger partial charge in [0, 0.05) is 39.1 Å². The third-order valence-electron chi connectivity index (χ3n) is 7.16. The summed E-state index contributed by atoms with van der Waals surface area (Å²) >= 11 is 0. The van der Waals surface area contributed by atoms with Crippen LogP contribution in [0.25, 0.3) is 0 Å². The number of carbonyl (C=O) groups excluding carboxylic acids is 3. The molecule has 11 nitrogen and oxygen atoms in total. The number of nitrogens with two attached hydrogens (primary N) is 3. The van der Waals surface area contributed by atoms with E-state index in [2.05, 4.69) is 10.6 Å². The number of halogens is 3. The second kappa shape index (κ2) is 15.8. The normalized spacial score (nSPS) is 15.9. The molecule has 15 heteroatoms. The van der Waals surface area contributed by atoms with Crippen LogP contribution in [0, 0.1) is 0 Å². The summed E-state index contributed by atoms with van der Waals surface area (Å²) < 4.78 is 44.4. The van der Waals surface area contributed by atoms with E-state index in [4.69, 9.17) is 21.9 Å². The maximum absolute atomic E-state index is 13.2. The van der Waals surface area contributed by atoms with E-state index in [1.807, 2.05) is 0 Å². The summed E-state index contributed by atoms with van der Waals surface area (Å²) in [7, 11) is -1.14. The molecule has 2 aromatic carbocycles. The molecule has 0 spiro atoms. The predicted molar refractivity (Wildman–Crippen MR) is 154 cm³/mol. The molecule has 0 saturated carbocycles. The van der Waals surface area contributed by atoms with Gasteiger partial charge < -0.3 is 42.4 Å². The largest absolute Gasteiger partial charge is 0.492 e. The minimum Gasteiger partial charge on any atom is -0.423 e. The Bertz CT molecular complexity index is 1230. The second-order valence-corrected chi connectivity index (χ2v) is 10.2. The monoisotopic (exact) mass is 606 g/mol. The first-order valence-electron chi connectivity index (χ1n) is 14.0. The first-order chi connectivity index (χ1) is 20.4. The van der Waals surface area contributed by atoms with Gasteiger partial charge in [0.2, 0.25) is 17.7 Å². The molecule has 0 radical (unpaired) electrons. The molecular formula is C28H38BF3N6O5. The van der Waals surface area contributed by atoms with Crippen molar-refractivity contribution in [1.29, 1.82) is 0 Å². The number of alkyl halides is 3. The van der Waals surface area contributed by atoms with Crippen LogP contribution < -0.4 is 33.3 Å². The SMILES string of the molecule is NCCN(CCN)C(=O)CC[C@H](N)C(=O)N[C@H](CCc1ccc(C(F)(F)F)cc1)C(=O)NCC1OB(O)c2ccccc21. The molecule has 234 valence electrons. The standard InChI is InChI=1S/C28H38BF3N6O5/c30-28(31,32)19-8-5-18(6-9-19)7-11-23(27(41)36-17-24-20-3-1-2-4-21(20)29(42)43-24)37-26(40)22(35)10-12-25(39)38(15-13-33)16-14-34/h1-6,8-9,22-24,42H,7,10-17,33-35H2,(H,36,41)(H,37,40)/t22-,23+,24?/m0/s1. The van der Waals surface area contributed by atoms with Crippen LogP contribution in [0.3, 0.4) is 0 Å². The number of rotatable bonds is 15. The molecule has 0 fully saturated rings. The van der Waals surface area contributed by atoms with Crippen LogP contribution in [-0.2, 0) is 31.6 Å². The van der Waals surface area contributed by atoms with Crippen LogP contribution in [0.2, 0.25) is 0 Å². The summed E-state index contributed by atoms with van der Waals surface area (Å²) in [5.41, 5.74) is 18.2. The number of aryl methyl sites for hydroxylation is 1. The quantitative estimate of drug-likeness (QED) is 0.147. The Hall–Kier alpha value is -3.50. The lowest BCUT2D eigenvalue weighted by Gasteiger charge is -2.23. The van der Waals surface area contributed by atoms with Crippen molar-refractivity contribution in [3.05, 3.63) is 65.2 Å². The van der Waals surface area contributed by atoms with Crippen LogP contribution in [0.5, 0.6) is 0 Å². The van der Waals surface area contributed by atoms with Crippen molar-refractivity contribution < 1.29 is 37.2 Å². The van der Waals surface area contributed by atoms with Gasteiger partial charge in [0.05, 0.1) is 17.7 Å². The average molecular weight is 606 g/mol. The van der Waals surface area contributed by atoms with Crippen molar-refractivity contribution in [3.63, 3.8) is 0 Å². The molecule has 3 amide bonds. The van der Waals surface area contributed by atoms with E-state index in [0.29, 0.717) is 29.7 Å². The van der Waals surface area contributed by atoms with E-state index >= 15 is 0 Å². The van der Waals surface area contributed by atoms with E-state index in [9.17, 15) is 32.6 Å². The molecule has 43 heavy (non-hydrogen) atoms. The summed E-state index contributed by atoms with van der Waals surface area (Å²) in [6.45, 7) is 1.14. The highest BCUT2D eigenvalue weighted by Gasteiger charge is 2.35. The molecule has 1 unspecified atom stereocenters. The summed E-state index contributed by atoms with van der Waals surface area (Å²) in [4.78, 5) is 40.2. The Morgan fingerprint density at radius 1 is 1.00 bits per heavy atom. The molecule has 1 heterocycles. The molecule has 0 aromatic heterocycles. The lowest BCUT2D eigenvalue weighted by atomic mass is 9.79. The second-order valence-electron chi connectivity index (χ2n) is 10.2. The van der Waals surface area contributed by atoms with Gasteiger partial charge in [-0.3, -0.25) is 14.4 Å². The third-order valence-corrected chi connectivity index (χ3v) is 7.16. The van der Waals surface area contributed by atoms with Crippen molar-refractivity contribution in [2.24, 2.45) is 17.2 Å². The molecule has 1 aliphatic rings. The molecule has 0 bridgehead atoms. The molecule has 0 aliphatic carbocycles. The number of fused-ring (bicyclic) bond motifs is 1. The Morgan fingerprint density at radius 2 is 1.65 bits per heavy atom. The number of hydrogen-bond donors (Lipinski definition) is 6. The number of benzene rings is 2. The van der Waals surface area contributed by atoms with Crippen molar-refractivity contribution in [2.45, 2.75) is 50.0 Å². The van der Waals surface area contributed by atoms with Gasteiger partial charge in [-0.05, 0) is 48.0 Å².